The standard InChI is InChI=1S/C17H24ClNO3/c1-5-12(4)19-15(10-16(20)22-6-2)17(21)13-7-8-14(18)11(3)9-13/h7-9,12,15,19H,5-6,10H2,1-4H3. The van der Waals surface area contributed by atoms with Crippen LogP contribution in [0.2, 0.25) is 5.02 Å². The number of rotatable bonds is 8. The average molecular weight is 326 g/mol. The van der Waals surface area contributed by atoms with Crippen LogP contribution in [0, 0.1) is 6.92 Å². The topological polar surface area (TPSA) is 55.4 Å². The Morgan fingerprint density at radius 2 is 2.00 bits per heavy atom. The van der Waals surface area contributed by atoms with Gasteiger partial charge >= 0.3 is 5.97 Å². The van der Waals surface area contributed by atoms with E-state index >= 15 is 0 Å². The maximum Gasteiger partial charge on any atom is 0.307 e. The van der Waals surface area contributed by atoms with E-state index in [1.54, 1.807) is 25.1 Å². The van der Waals surface area contributed by atoms with Crippen LogP contribution >= 0.6 is 11.6 Å². The molecule has 0 saturated carbocycles. The number of carbonyl (C=O) groups is 2. The molecule has 0 saturated heterocycles. The van der Waals surface area contributed by atoms with Gasteiger partial charge in [0.2, 0.25) is 0 Å². The molecule has 1 aromatic carbocycles. The highest BCUT2D eigenvalue weighted by molar-refractivity contribution is 6.31. The Kier molecular flexibility index (Phi) is 7.56. The molecule has 0 fully saturated rings. The lowest BCUT2D eigenvalue weighted by Gasteiger charge is -2.21. The lowest BCUT2D eigenvalue weighted by Crippen LogP contribution is -2.43. The summed E-state index contributed by atoms with van der Waals surface area (Å²) < 4.78 is 4.96. The number of ketones is 1. The summed E-state index contributed by atoms with van der Waals surface area (Å²) in [6, 6.07) is 4.69. The first kappa shape index (κ1) is 18.7. The molecule has 0 spiro atoms. The fraction of sp³-hybridized carbons (Fsp3) is 0.529. The van der Waals surface area contributed by atoms with Crippen molar-refractivity contribution in [3.63, 3.8) is 0 Å². The fourth-order valence-corrected chi connectivity index (χ4v) is 2.19. The van der Waals surface area contributed by atoms with Crippen molar-refractivity contribution in [1.29, 1.82) is 0 Å². The van der Waals surface area contributed by atoms with Crippen LogP contribution in [0.1, 0.15) is 49.5 Å². The monoisotopic (exact) mass is 325 g/mol. The van der Waals surface area contributed by atoms with E-state index in [9.17, 15) is 9.59 Å². The van der Waals surface area contributed by atoms with Gasteiger partial charge in [-0.3, -0.25) is 9.59 Å². The summed E-state index contributed by atoms with van der Waals surface area (Å²) in [5.41, 5.74) is 1.39. The van der Waals surface area contributed by atoms with Crippen molar-refractivity contribution in [3.05, 3.63) is 34.3 Å². The molecular weight excluding hydrogens is 302 g/mol. The third-order valence-electron chi connectivity index (χ3n) is 3.53. The molecule has 2 atom stereocenters. The Morgan fingerprint density at radius 1 is 1.32 bits per heavy atom. The van der Waals surface area contributed by atoms with Crippen LogP contribution in [0.15, 0.2) is 18.2 Å². The van der Waals surface area contributed by atoms with E-state index in [2.05, 4.69) is 5.32 Å². The minimum atomic E-state index is -0.588. The van der Waals surface area contributed by atoms with Gasteiger partial charge in [0.1, 0.15) is 0 Å². The number of aryl methyl sites for hydroxylation is 1. The van der Waals surface area contributed by atoms with E-state index in [1.807, 2.05) is 20.8 Å². The molecule has 1 rings (SSSR count). The van der Waals surface area contributed by atoms with Crippen molar-refractivity contribution < 1.29 is 14.3 Å². The summed E-state index contributed by atoms with van der Waals surface area (Å²) in [5, 5.41) is 3.82. The zero-order valence-electron chi connectivity index (χ0n) is 13.6. The molecule has 5 heteroatoms. The zero-order valence-corrected chi connectivity index (χ0v) is 14.4. The summed E-state index contributed by atoms with van der Waals surface area (Å²) >= 11 is 6.00. The predicted octanol–water partition coefficient (Wildman–Crippen LogP) is 3.54. The van der Waals surface area contributed by atoms with Crippen LogP contribution in [-0.4, -0.2) is 30.4 Å². The lowest BCUT2D eigenvalue weighted by molar-refractivity contribution is -0.143. The third-order valence-corrected chi connectivity index (χ3v) is 3.96. The van der Waals surface area contributed by atoms with Gasteiger partial charge in [-0.15, -0.1) is 0 Å². The Morgan fingerprint density at radius 3 is 2.55 bits per heavy atom. The fourth-order valence-electron chi connectivity index (χ4n) is 2.07. The first-order valence-electron chi connectivity index (χ1n) is 7.61. The molecular formula is C17H24ClNO3. The second-order valence-corrected chi connectivity index (χ2v) is 5.77. The molecule has 0 aliphatic heterocycles. The number of hydrogen-bond donors (Lipinski definition) is 1. The Bertz CT molecular complexity index is 531. The average Bonchev–Trinajstić information content (AvgIpc) is 2.48. The number of halogens is 1. The van der Waals surface area contributed by atoms with Gasteiger partial charge in [0.25, 0.3) is 0 Å². The number of hydrogen-bond acceptors (Lipinski definition) is 4. The van der Waals surface area contributed by atoms with Gasteiger partial charge in [-0.25, -0.2) is 0 Å². The third kappa shape index (κ3) is 5.43. The van der Waals surface area contributed by atoms with E-state index in [-0.39, 0.29) is 24.2 Å². The number of esters is 1. The summed E-state index contributed by atoms with van der Waals surface area (Å²) in [4.78, 5) is 24.4. The Balaban J connectivity index is 2.94. The minimum Gasteiger partial charge on any atom is -0.466 e. The van der Waals surface area contributed by atoms with Crippen LogP contribution in [-0.2, 0) is 9.53 Å². The van der Waals surface area contributed by atoms with Gasteiger partial charge in [0.15, 0.2) is 5.78 Å². The van der Waals surface area contributed by atoms with Crippen molar-refractivity contribution >= 4 is 23.4 Å². The highest BCUT2D eigenvalue weighted by Gasteiger charge is 2.25. The SMILES string of the molecule is CCOC(=O)CC(NC(C)CC)C(=O)c1ccc(Cl)c(C)c1. The van der Waals surface area contributed by atoms with Gasteiger partial charge < -0.3 is 10.1 Å². The van der Waals surface area contributed by atoms with Gasteiger partial charge in [0, 0.05) is 16.6 Å². The lowest BCUT2D eigenvalue weighted by atomic mass is 9.99. The van der Waals surface area contributed by atoms with Crippen LogP contribution in [0.3, 0.4) is 0 Å². The van der Waals surface area contributed by atoms with E-state index in [1.165, 1.54) is 0 Å². The number of carbonyl (C=O) groups excluding carboxylic acids is 2. The van der Waals surface area contributed by atoms with Crippen LogP contribution in [0.25, 0.3) is 0 Å². The zero-order chi connectivity index (χ0) is 16.7. The Hall–Kier alpha value is -1.39. The molecule has 0 radical (unpaired) electrons. The van der Waals surface area contributed by atoms with E-state index in [0.717, 1.165) is 12.0 Å². The largest absolute Gasteiger partial charge is 0.466 e. The quantitative estimate of drug-likeness (QED) is 0.586. The highest BCUT2D eigenvalue weighted by Crippen LogP contribution is 2.18. The molecule has 0 heterocycles. The normalized spacial score (nSPS) is 13.5. The van der Waals surface area contributed by atoms with E-state index in [0.29, 0.717) is 17.2 Å². The van der Waals surface area contributed by atoms with Crippen molar-refractivity contribution in [2.75, 3.05) is 6.61 Å². The van der Waals surface area contributed by atoms with Crippen LogP contribution in [0.4, 0.5) is 0 Å². The Labute approximate surface area is 137 Å². The van der Waals surface area contributed by atoms with Crippen LogP contribution < -0.4 is 5.32 Å². The van der Waals surface area contributed by atoms with E-state index < -0.39 is 6.04 Å². The van der Waals surface area contributed by atoms with Crippen molar-refractivity contribution in [2.24, 2.45) is 0 Å². The molecule has 0 bridgehead atoms. The molecule has 22 heavy (non-hydrogen) atoms. The molecule has 2 unspecified atom stereocenters. The van der Waals surface area contributed by atoms with Crippen molar-refractivity contribution in [2.45, 2.75) is 52.6 Å². The smallest absolute Gasteiger partial charge is 0.307 e. The van der Waals surface area contributed by atoms with Gasteiger partial charge in [-0.1, -0.05) is 18.5 Å². The molecule has 0 amide bonds. The van der Waals surface area contributed by atoms with Gasteiger partial charge in [-0.05, 0) is 51.0 Å². The number of benzene rings is 1. The molecule has 4 nitrogen and oxygen atoms in total. The maximum atomic E-state index is 12.7. The first-order valence-corrected chi connectivity index (χ1v) is 7.98. The number of Topliss-reactive ketones (excluding diaryl/α,β-unsaturated/α-hetero) is 1. The van der Waals surface area contributed by atoms with Gasteiger partial charge in [-0.2, -0.15) is 0 Å². The molecule has 0 aliphatic rings. The molecule has 0 aromatic heterocycles. The van der Waals surface area contributed by atoms with Crippen LogP contribution in [0.5, 0.6) is 0 Å². The van der Waals surface area contributed by atoms with E-state index in [4.69, 9.17) is 16.3 Å². The molecule has 1 N–H and O–H groups in total. The summed E-state index contributed by atoms with van der Waals surface area (Å²) in [7, 11) is 0. The molecule has 0 aliphatic carbocycles. The summed E-state index contributed by atoms with van der Waals surface area (Å²) in [5.74, 6) is -0.490. The second-order valence-electron chi connectivity index (χ2n) is 5.37. The number of ether oxygens (including phenoxy) is 1. The molecule has 1 aromatic rings. The van der Waals surface area contributed by atoms with Crippen molar-refractivity contribution in [3.8, 4) is 0 Å². The minimum absolute atomic E-state index is 0.0265. The second kappa shape index (κ2) is 8.91. The highest BCUT2D eigenvalue weighted by atomic mass is 35.5. The molecule has 122 valence electrons. The predicted molar refractivity (Wildman–Crippen MR) is 88.4 cm³/mol. The first-order chi connectivity index (χ1) is 10.4. The van der Waals surface area contributed by atoms with Gasteiger partial charge in [0.05, 0.1) is 19.1 Å². The summed E-state index contributed by atoms with van der Waals surface area (Å²) in [6.07, 6.45) is 0.894. The number of nitrogens with one attached hydrogen (secondary N) is 1. The maximum absolute atomic E-state index is 12.7. The summed E-state index contributed by atoms with van der Waals surface area (Å²) in [6.45, 7) is 7.92. The van der Waals surface area contributed by atoms with Crippen molar-refractivity contribution in [1.82, 2.24) is 5.32 Å².